The molecule has 162 valence electrons. The Balaban J connectivity index is 1.67. The van der Waals surface area contributed by atoms with Gasteiger partial charge in [0.25, 0.3) is 11.8 Å². The van der Waals surface area contributed by atoms with Crippen LogP contribution in [-0.2, 0) is 0 Å². The molecule has 3 heterocycles. The molecule has 9 nitrogen and oxygen atoms in total. The van der Waals surface area contributed by atoms with Crippen LogP contribution < -0.4 is 14.8 Å². The number of benzene rings is 1. The van der Waals surface area contributed by atoms with E-state index < -0.39 is 5.91 Å². The Morgan fingerprint density at radius 1 is 1.06 bits per heavy atom. The lowest BCUT2D eigenvalue weighted by atomic mass is 10.1. The van der Waals surface area contributed by atoms with Crippen LogP contribution in [0.2, 0.25) is 0 Å². The summed E-state index contributed by atoms with van der Waals surface area (Å²) in [5.74, 6) is 0.195. The van der Waals surface area contributed by atoms with Gasteiger partial charge < -0.3 is 19.7 Å². The average Bonchev–Trinajstić information content (AvgIpc) is 3.04. The first kappa shape index (κ1) is 20.6. The lowest BCUT2D eigenvalue weighted by Crippen LogP contribution is -2.32. The number of carbonyl (C=O) groups is 2. The van der Waals surface area contributed by atoms with E-state index in [1.54, 1.807) is 30.5 Å². The van der Waals surface area contributed by atoms with Crippen LogP contribution in [0.25, 0.3) is 5.65 Å². The smallest absolute Gasteiger partial charge is 0.276 e. The molecule has 1 fully saturated rings. The van der Waals surface area contributed by atoms with Crippen LogP contribution in [-0.4, -0.2) is 58.6 Å². The number of carbonyl (C=O) groups excluding carboxylic acids is 2. The molecule has 0 aliphatic carbocycles. The predicted octanol–water partition coefficient (Wildman–Crippen LogP) is 3.02. The van der Waals surface area contributed by atoms with Gasteiger partial charge in [0.15, 0.2) is 22.8 Å². The summed E-state index contributed by atoms with van der Waals surface area (Å²) in [5, 5.41) is 7.00. The number of nitrogens with one attached hydrogen (secondary N) is 1. The molecule has 31 heavy (non-hydrogen) atoms. The number of ether oxygens (including phenoxy) is 2. The fraction of sp³-hybridized carbons (Fsp3) is 0.364. The molecule has 4 rings (SSSR count). The maximum atomic E-state index is 13.2. The number of hydrogen-bond acceptors (Lipinski definition) is 6. The number of nitrogens with zero attached hydrogens (tertiary/aromatic N) is 4. The molecule has 1 aliphatic heterocycles. The first-order valence-corrected chi connectivity index (χ1v) is 10.3. The number of methoxy groups -OCH3 is 2. The predicted molar refractivity (Wildman–Crippen MR) is 115 cm³/mol. The van der Waals surface area contributed by atoms with E-state index in [1.807, 2.05) is 4.90 Å². The molecule has 0 spiro atoms. The highest BCUT2D eigenvalue weighted by Gasteiger charge is 2.23. The van der Waals surface area contributed by atoms with Gasteiger partial charge in [-0.3, -0.25) is 9.59 Å². The summed E-state index contributed by atoms with van der Waals surface area (Å²) in [6.45, 7) is 1.45. The van der Waals surface area contributed by atoms with Crippen molar-refractivity contribution in [3.8, 4) is 11.5 Å². The second-order valence-corrected chi connectivity index (χ2v) is 7.36. The zero-order chi connectivity index (χ0) is 21.8. The van der Waals surface area contributed by atoms with Crippen molar-refractivity contribution in [3.05, 3.63) is 47.9 Å². The molecule has 1 aliphatic rings. The van der Waals surface area contributed by atoms with Crippen molar-refractivity contribution < 1.29 is 19.1 Å². The van der Waals surface area contributed by atoms with E-state index in [9.17, 15) is 9.59 Å². The Hall–Kier alpha value is -3.62. The maximum absolute atomic E-state index is 13.2. The zero-order valence-corrected chi connectivity index (χ0v) is 17.6. The molecule has 1 N–H and O–H groups in total. The number of fused-ring (bicyclic) bond motifs is 1. The summed E-state index contributed by atoms with van der Waals surface area (Å²) in [5.41, 5.74) is 1.60. The molecule has 1 saturated heterocycles. The highest BCUT2D eigenvalue weighted by atomic mass is 16.5. The molecule has 3 aromatic rings. The normalized spacial score (nSPS) is 14.2. The van der Waals surface area contributed by atoms with Crippen molar-refractivity contribution in [1.29, 1.82) is 0 Å². The van der Waals surface area contributed by atoms with E-state index in [0.29, 0.717) is 28.4 Å². The van der Waals surface area contributed by atoms with Crippen LogP contribution in [0, 0.1) is 0 Å². The van der Waals surface area contributed by atoms with Gasteiger partial charge in [0.05, 0.1) is 26.1 Å². The third-order valence-electron chi connectivity index (χ3n) is 5.38. The summed E-state index contributed by atoms with van der Waals surface area (Å²) in [6, 6.07) is 6.78. The monoisotopic (exact) mass is 423 g/mol. The van der Waals surface area contributed by atoms with Gasteiger partial charge in [-0.15, -0.1) is 0 Å². The van der Waals surface area contributed by atoms with Crippen LogP contribution in [0.15, 0.2) is 36.7 Å². The van der Waals surface area contributed by atoms with Crippen molar-refractivity contribution in [1.82, 2.24) is 19.5 Å². The van der Waals surface area contributed by atoms with Gasteiger partial charge in [-0.05, 0) is 37.1 Å². The molecule has 0 atom stereocenters. The summed E-state index contributed by atoms with van der Waals surface area (Å²) < 4.78 is 12.4. The second-order valence-electron chi connectivity index (χ2n) is 7.36. The molecular weight excluding hydrogens is 398 g/mol. The second kappa shape index (κ2) is 9.03. The minimum Gasteiger partial charge on any atom is -0.493 e. The minimum atomic E-state index is -0.425. The van der Waals surface area contributed by atoms with Crippen molar-refractivity contribution in [3.63, 3.8) is 0 Å². The number of hydrogen-bond donors (Lipinski definition) is 1. The van der Waals surface area contributed by atoms with Gasteiger partial charge >= 0.3 is 0 Å². The summed E-state index contributed by atoms with van der Waals surface area (Å²) in [7, 11) is 2.98. The fourth-order valence-corrected chi connectivity index (χ4v) is 3.81. The first-order chi connectivity index (χ1) is 15.1. The third-order valence-corrected chi connectivity index (χ3v) is 5.38. The number of aromatic nitrogens is 3. The molecule has 2 amide bonds. The molecule has 1 aromatic carbocycles. The van der Waals surface area contributed by atoms with Gasteiger partial charge in [-0.1, -0.05) is 12.8 Å². The van der Waals surface area contributed by atoms with Crippen molar-refractivity contribution in [2.45, 2.75) is 25.7 Å². The van der Waals surface area contributed by atoms with E-state index in [-0.39, 0.29) is 11.6 Å². The van der Waals surface area contributed by atoms with Gasteiger partial charge in [-0.2, -0.15) is 5.10 Å². The molecular formula is C22H25N5O4. The molecule has 2 aromatic heterocycles. The summed E-state index contributed by atoms with van der Waals surface area (Å²) >= 11 is 0. The van der Waals surface area contributed by atoms with Crippen LogP contribution in [0.1, 0.15) is 46.5 Å². The molecule has 0 saturated carbocycles. The number of rotatable bonds is 5. The molecule has 9 heteroatoms. The average molecular weight is 423 g/mol. The summed E-state index contributed by atoms with van der Waals surface area (Å²) in [4.78, 5) is 32.2. The van der Waals surface area contributed by atoms with Gasteiger partial charge in [-0.25, -0.2) is 9.50 Å². The maximum Gasteiger partial charge on any atom is 0.276 e. The number of likely N-dealkylation sites (tertiary alicyclic amines) is 1. The lowest BCUT2D eigenvalue weighted by molar-refractivity contribution is 0.0761. The van der Waals surface area contributed by atoms with Gasteiger partial charge in [0.2, 0.25) is 0 Å². The zero-order valence-electron chi connectivity index (χ0n) is 17.6. The Morgan fingerprint density at radius 3 is 2.55 bits per heavy atom. The highest BCUT2D eigenvalue weighted by molar-refractivity contribution is 6.06. The first-order valence-electron chi connectivity index (χ1n) is 10.3. The largest absolute Gasteiger partial charge is 0.493 e. The van der Waals surface area contributed by atoms with Crippen molar-refractivity contribution >= 4 is 23.1 Å². The Morgan fingerprint density at radius 2 is 1.84 bits per heavy atom. The van der Waals surface area contributed by atoms with Crippen LogP contribution in [0.3, 0.4) is 0 Å². The van der Waals surface area contributed by atoms with Crippen LogP contribution >= 0.6 is 0 Å². The van der Waals surface area contributed by atoms with E-state index in [1.165, 1.54) is 24.9 Å². The van der Waals surface area contributed by atoms with Gasteiger partial charge in [0.1, 0.15) is 0 Å². The van der Waals surface area contributed by atoms with E-state index in [2.05, 4.69) is 15.4 Å². The Bertz CT molecular complexity index is 1100. The molecule has 0 unspecified atom stereocenters. The molecule has 0 radical (unpaired) electrons. The topological polar surface area (TPSA) is 98.1 Å². The fourth-order valence-electron chi connectivity index (χ4n) is 3.81. The SMILES string of the molecule is COc1cc(C(=O)N2CCCCCC2)cc(NC(=O)c2cnc3cccnn23)c1OC. The Kier molecular flexibility index (Phi) is 6.01. The van der Waals surface area contributed by atoms with Crippen molar-refractivity contribution in [2.75, 3.05) is 32.6 Å². The number of anilines is 1. The van der Waals surface area contributed by atoms with E-state index in [4.69, 9.17) is 9.47 Å². The minimum absolute atomic E-state index is 0.0881. The number of imidazole rings is 1. The van der Waals surface area contributed by atoms with Crippen molar-refractivity contribution in [2.24, 2.45) is 0 Å². The van der Waals surface area contributed by atoms with Crippen LogP contribution in [0.4, 0.5) is 5.69 Å². The highest BCUT2D eigenvalue weighted by Crippen LogP contribution is 2.37. The van der Waals surface area contributed by atoms with Crippen LogP contribution in [0.5, 0.6) is 11.5 Å². The quantitative estimate of drug-likeness (QED) is 0.677. The Labute approximate surface area is 180 Å². The van der Waals surface area contributed by atoms with E-state index in [0.717, 1.165) is 38.8 Å². The summed E-state index contributed by atoms with van der Waals surface area (Å²) in [6.07, 6.45) is 7.27. The third kappa shape index (κ3) is 4.16. The molecule has 0 bridgehead atoms. The van der Waals surface area contributed by atoms with E-state index >= 15 is 0 Å². The van der Waals surface area contributed by atoms with Gasteiger partial charge in [0, 0.05) is 24.8 Å². The number of amides is 2. The standard InChI is InChI=1S/C22H25N5O4/c1-30-18-13-15(22(29)26-10-5-3-4-6-11-26)12-16(20(18)31-2)25-21(28)17-14-23-19-8-7-9-24-27(17)19/h7-9,12-14H,3-6,10-11H2,1-2H3,(H,25,28). The lowest BCUT2D eigenvalue weighted by Gasteiger charge is -2.22.